The van der Waals surface area contributed by atoms with Crippen molar-refractivity contribution >= 4 is 29.0 Å². The molecule has 1 aliphatic carbocycles. The number of rotatable bonds is 7. The van der Waals surface area contributed by atoms with E-state index in [9.17, 15) is 9.59 Å². The first-order valence-corrected chi connectivity index (χ1v) is 10.4. The van der Waals surface area contributed by atoms with Gasteiger partial charge in [0.25, 0.3) is 0 Å². The molecule has 0 spiro atoms. The van der Waals surface area contributed by atoms with Crippen molar-refractivity contribution in [3.05, 3.63) is 60.7 Å². The number of hydrogen-bond acceptors (Lipinski definition) is 6. The van der Waals surface area contributed by atoms with Gasteiger partial charge in [0.2, 0.25) is 0 Å². The van der Waals surface area contributed by atoms with Gasteiger partial charge in [-0.3, -0.25) is 14.6 Å². The summed E-state index contributed by atoms with van der Waals surface area (Å²) < 4.78 is 10.7. The normalized spacial score (nSPS) is 22.3. The van der Waals surface area contributed by atoms with E-state index < -0.39 is 11.8 Å². The summed E-state index contributed by atoms with van der Waals surface area (Å²) in [6, 6.07) is 18.8. The Bertz CT molecular complexity index is 867. The Hall–Kier alpha value is -3.15. The van der Waals surface area contributed by atoms with Crippen molar-refractivity contribution in [1.82, 2.24) is 0 Å². The van der Waals surface area contributed by atoms with E-state index in [1.807, 2.05) is 60.7 Å². The minimum Gasteiger partial charge on any atom is -0.466 e. The van der Waals surface area contributed by atoms with Crippen LogP contribution in [0.3, 0.4) is 0 Å². The van der Waals surface area contributed by atoms with E-state index in [-0.39, 0.29) is 18.0 Å². The molecule has 30 heavy (non-hydrogen) atoms. The second kappa shape index (κ2) is 10.6. The molecule has 2 aromatic carbocycles. The van der Waals surface area contributed by atoms with Crippen LogP contribution < -0.4 is 5.32 Å². The molecule has 0 radical (unpaired) electrons. The minimum absolute atomic E-state index is 0.268. The average molecular weight is 408 g/mol. The highest BCUT2D eigenvalue weighted by Crippen LogP contribution is 2.33. The number of para-hydroxylation sites is 2. The number of nitrogens with zero attached hydrogens (tertiary/aromatic N) is 1. The van der Waals surface area contributed by atoms with E-state index >= 15 is 0 Å². The van der Waals surface area contributed by atoms with Crippen LogP contribution in [-0.2, 0) is 19.1 Å². The minimum atomic E-state index is -0.517. The lowest BCUT2D eigenvalue weighted by molar-refractivity contribution is -0.151. The molecule has 6 heteroatoms. The van der Waals surface area contributed by atoms with Gasteiger partial charge in [-0.05, 0) is 44.5 Å². The Labute approximate surface area is 177 Å². The molecule has 158 valence electrons. The molecule has 0 saturated heterocycles. The highest BCUT2D eigenvalue weighted by atomic mass is 16.5. The van der Waals surface area contributed by atoms with Crippen LogP contribution in [0.15, 0.2) is 65.7 Å². The summed E-state index contributed by atoms with van der Waals surface area (Å²) in [5.74, 6) is -1.56. The maximum Gasteiger partial charge on any atom is 0.314 e. The van der Waals surface area contributed by atoms with E-state index in [1.54, 1.807) is 13.8 Å². The van der Waals surface area contributed by atoms with E-state index in [0.717, 1.165) is 11.4 Å². The number of hydrogen-bond donors (Lipinski definition) is 1. The van der Waals surface area contributed by atoms with Crippen molar-refractivity contribution in [3.8, 4) is 0 Å². The second-order valence-corrected chi connectivity index (χ2v) is 7.16. The summed E-state index contributed by atoms with van der Waals surface area (Å²) in [4.78, 5) is 30.2. The van der Waals surface area contributed by atoms with E-state index in [4.69, 9.17) is 14.5 Å². The lowest BCUT2D eigenvalue weighted by atomic mass is 9.76. The van der Waals surface area contributed by atoms with Gasteiger partial charge < -0.3 is 14.8 Å². The molecule has 0 amide bonds. The monoisotopic (exact) mass is 408 g/mol. The Balaban J connectivity index is 1.94. The number of esters is 2. The van der Waals surface area contributed by atoms with Crippen molar-refractivity contribution in [2.75, 3.05) is 18.5 Å². The van der Waals surface area contributed by atoms with Crippen LogP contribution in [0.25, 0.3) is 0 Å². The third kappa shape index (κ3) is 5.47. The van der Waals surface area contributed by atoms with Crippen molar-refractivity contribution in [1.29, 1.82) is 0 Å². The quantitative estimate of drug-likeness (QED) is 0.688. The van der Waals surface area contributed by atoms with Crippen LogP contribution in [0, 0.1) is 11.8 Å². The van der Waals surface area contributed by atoms with Crippen LogP contribution in [0.2, 0.25) is 0 Å². The first-order chi connectivity index (χ1) is 14.6. The molecule has 3 rings (SSSR count). The molecule has 1 fully saturated rings. The van der Waals surface area contributed by atoms with Gasteiger partial charge >= 0.3 is 11.9 Å². The van der Waals surface area contributed by atoms with E-state index in [0.29, 0.717) is 31.8 Å². The zero-order valence-corrected chi connectivity index (χ0v) is 17.4. The number of ether oxygens (including phenoxy) is 2. The number of anilines is 1. The summed E-state index contributed by atoms with van der Waals surface area (Å²) in [5.41, 5.74) is 2.30. The fourth-order valence-corrected chi connectivity index (χ4v) is 3.74. The molecule has 0 bridgehead atoms. The number of carbonyl (C=O) groups is 2. The summed E-state index contributed by atoms with van der Waals surface area (Å²) in [5, 5.41) is 3.42. The average Bonchev–Trinajstić information content (AvgIpc) is 2.76. The van der Waals surface area contributed by atoms with Gasteiger partial charge in [-0.1, -0.05) is 36.4 Å². The summed E-state index contributed by atoms with van der Waals surface area (Å²) in [6.07, 6.45) is 0.741. The number of nitrogens with one attached hydrogen (secondary N) is 1. The van der Waals surface area contributed by atoms with E-state index in [2.05, 4.69) is 5.32 Å². The van der Waals surface area contributed by atoms with Crippen molar-refractivity contribution in [3.63, 3.8) is 0 Å². The molecular formula is C24H28N2O4. The second-order valence-electron chi connectivity index (χ2n) is 7.16. The Morgan fingerprint density at radius 2 is 1.53 bits per heavy atom. The lowest BCUT2D eigenvalue weighted by Crippen LogP contribution is -2.47. The van der Waals surface area contributed by atoms with Gasteiger partial charge in [-0.2, -0.15) is 0 Å². The standard InChI is InChI=1S/C24H28N2O4/c1-3-29-23(27)19-15-22(26-18-13-9-6-10-14-18)20(24(28)30-4-2)16-21(19)25-17-11-7-5-8-12-17/h5-14,19-21,25H,3-4,15-16H2,1-2H3. The Morgan fingerprint density at radius 1 is 0.933 bits per heavy atom. The molecule has 3 atom stereocenters. The molecular weight excluding hydrogens is 380 g/mol. The molecule has 3 unspecified atom stereocenters. The molecule has 1 N–H and O–H groups in total. The maximum atomic E-state index is 12.8. The molecule has 1 saturated carbocycles. The van der Waals surface area contributed by atoms with Crippen LogP contribution >= 0.6 is 0 Å². The molecule has 0 heterocycles. The fraction of sp³-hybridized carbons (Fsp3) is 0.375. The van der Waals surface area contributed by atoms with Gasteiger partial charge in [-0.25, -0.2) is 0 Å². The predicted molar refractivity (Wildman–Crippen MR) is 117 cm³/mol. The molecule has 0 aromatic heterocycles. The topological polar surface area (TPSA) is 77.0 Å². The van der Waals surface area contributed by atoms with Crippen molar-refractivity contribution in [2.45, 2.75) is 32.7 Å². The Morgan fingerprint density at radius 3 is 2.17 bits per heavy atom. The lowest BCUT2D eigenvalue weighted by Gasteiger charge is -2.36. The van der Waals surface area contributed by atoms with Crippen molar-refractivity contribution in [2.24, 2.45) is 16.8 Å². The number of benzene rings is 2. The summed E-state index contributed by atoms with van der Waals surface area (Å²) >= 11 is 0. The number of aliphatic imine (C=N–C) groups is 1. The molecule has 0 aliphatic heterocycles. The zero-order chi connectivity index (χ0) is 21.3. The highest BCUT2D eigenvalue weighted by Gasteiger charge is 2.43. The predicted octanol–water partition coefficient (Wildman–Crippen LogP) is 4.39. The van der Waals surface area contributed by atoms with Gasteiger partial charge in [0.1, 0.15) is 0 Å². The van der Waals surface area contributed by atoms with Gasteiger partial charge in [0.15, 0.2) is 0 Å². The van der Waals surface area contributed by atoms with Crippen LogP contribution in [-0.4, -0.2) is 36.9 Å². The number of carbonyl (C=O) groups excluding carboxylic acids is 2. The first-order valence-electron chi connectivity index (χ1n) is 10.4. The van der Waals surface area contributed by atoms with Crippen LogP contribution in [0.1, 0.15) is 26.7 Å². The van der Waals surface area contributed by atoms with Gasteiger partial charge in [0.05, 0.1) is 30.7 Å². The van der Waals surface area contributed by atoms with E-state index in [1.165, 1.54) is 0 Å². The van der Waals surface area contributed by atoms with Gasteiger partial charge in [0, 0.05) is 23.9 Å². The van der Waals surface area contributed by atoms with Crippen molar-refractivity contribution < 1.29 is 19.1 Å². The highest BCUT2D eigenvalue weighted by molar-refractivity contribution is 6.05. The summed E-state index contributed by atoms with van der Waals surface area (Å²) in [6.45, 7) is 4.18. The SMILES string of the molecule is CCOC(=O)C1CC(Nc2ccccc2)C(C(=O)OCC)CC1=Nc1ccccc1. The fourth-order valence-electron chi connectivity index (χ4n) is 3.74. The molecule has 6 nitrogen and oxygen atoms in total. The van der Waals surface area contributed by atoms with Crippen LogP contribution in [0.5, 0.6) is 0 Å². The van der Waals surface area contributed by atoms with Gasteiger partial charge in [-0.15, -0.1) is 0 Å². The first kappa shape index (κ1) is 21.6. The smallest absolute Gasteiger partial charge is 0.314 e. The maximum absolute atomic E-state index is 12.8. The third-order valence-corrected chi connectivity index (χ3v) is 5.12. The Kier molecular flexibility index (Phi) is 7.60. The van der Waals surface area contributed by atoms with Crippen LogP contribution in [0.4, 0.5) is 11.4 Å². The molecule has 1 aliphatic rings. The zero-order valence-electron chi connectivity index (χ0n) is 17.4. The molecule has 2 aromatic rings. The largest absolute Gasteiger partial charge is 0.466 e. The third-order valence-electron chi connectivity index (χ3n) is 5.12. The summed E-state index contributed by atoms with van der Waals surface area (Å²) in [7, 11) is 0.